The number of nitrogens with zero attached hydrogens (tertiary/aromatic N) is 2. The molecular weight excluding hydrogens is 236 g/mol. The van der Waals surface area contributed by atoms with Crippen LogP contribution >= 0.6 is 11.8 Å². The molecule has 0 fully saturated rings. The summed E-state index contributed by atoms with van der Waals surface area (Å²) in [5.74, 6) is -0.310. The molecule has 1 atom stereocenters. The molecule has 0 aliphatic rings. The average molecular weight is 252 g/mol. The van der Waals surface area contributed by atoms with E-state index >= 15 is 0 Å². The predicted octanol–water partition coefficient (Wildman–Crippen LogP) is 2.71. The summed E-state index contributed by atoms with van der Waals surface area (Å²) < 4.78 is 0. The van der Waals surface area contributed by atoms with Crippen molar-refractivity contribution >= 4 is 17.7 Å². The van der Waals surface area contributed by atoms with Crippen LogP contribution in [0.5, 0.6) is 0 Å². The van der Waals surface area contributed by atoms with E-state index < -0.39 is 5.97 Å². The van der Waals surface area contributed by atoms with Gasteiger partial charge >= 0.3 is 5.97 Å². The first-order valence-corrected chi connectivity index (χ1v) is 6.27. The molecular formula is C12H16N2O2S. The highest BCUT2D eigenvalue weighted by Crippen LogP contribution is 2.27. The van der Waals surface area contributed by atoms with Crippen LogP contribution in [0.4, 0.5) is 0 Å². The summed E-state index contributed by atoms with van der Waals surface area (Å²) in [5, 5.41) is 9.82. The number of hydrogen-bond donors (Lipinski definition) is 1. The number of carboxylic acid groups (broad SMARTS) is 1. The van der Waals surface area contributed by atoms with Crippen molar-refractivity contribution in [2.24, 2.45) is 0 Å². The van der Waals surface area contributed by atoms with Crippen molar-refractivity contribution in [1.29, 1.82) is 0 Å². The van der Waals surface area contributed by atoms with Crippen LogP contribution in [0, 0.1) is 6.92 Å². The van der Waals surface area contributed by atoms with Gasteiger partial charge in [0, 0.05) is 11.7 Å². The minimum atomic E-state index is -0.982. The first-order chi connectivity index (χ1) is 7.99. The molecule has 0 aromatic carbocycles. The summed E-state index contributed by atoms with van der Waals surface area (Å²) >= 11 is 1.39. The molecule has 0 amide bonds. The van der Waals surface area contributed by atoms with Gasteiger partial charge < -0.3 is 5.11 Å². The maximum absolute atomic E-state index is 11.2. The van der Waals surface area contributed by atoms with E-state index in [0.29, 0.717) is 23.0 Å². The number of rotatable bonds is 5. The van der Waals surface area contributed by atoms with Gasteiger partial charge in [-0.2, -0.15) is 0 Å². The summed E-state index contributed by atoms with van der Waals surface area (Å²) in [6.45, 7) is 9.28. The number of carbonyl (C=O) groups is 1. The molecule has 4 nitrogen and oxygen atoms in total. The second-order valence-electron chi connectivity index (χ2n) is 3.62. The number of thioether (sulfide) groups is 1. The van der Waals surface area contributed by atoms with Gasteiger partial charge in [0.05, 0.1) is 5.69 Å². The zero-order valence-corrected chi connectivity index (χ0v) is 11.0. The highest BCUT2D eigenvalue weighted by molar-refractivity contribution is 8.00. The van der Waals surface area contributed by atoms with Crippen LogP contribution in [-0.2, 0) is 6.42 Å². The molecule has 1 aromatic rings. The molecule has 0 saturated carbocycles. The Balaban J connectivity index is 3.26. The first-order valence-electron chi connectivity index (χ1n) is 5.39. The molecule has 0 saturated heterocycles. The Morgan fingerprint density at radius 2 is 2.24 bits per heavy atom. The van der Waals surface area contributed by atoms with Gasteiger partial charge in [-0.25, -0.2) is 14.8 Å². The molecule has 0 bridgehead atoms. The molecule has 5 heteroatoms. The summed E-state index contributed by atoms with van der Waals surface area (Å²) in [7, 11) is 0. The smallest absolute Gasteiger partial charge is 0.340 e. The van der Waals surface area contributed by atoms with E-state index in [2.05, 4.69) is 16.5 Å². The third-order valence-corrected chi connectivity index (χ3v) is 3.35. The largest absolute Gasteiger partial charge is 0.478 e. The highest BCUT2D eigenvalue weighted by Gasteiger charge is 2.19. The fraction of sp³-hybridized carbons (Fsp3) is 0.417. The lowest BCUT2D eigenvalue weighted by Crippen LogP contribution is -2.10. The summed E-state index contributed by atoms with van der Waals surface area (Å²) in [6, 6.07) is 0. The van der Waals surface area contributed by atoms with E-state index in [1.54, 1.807) is 13.0 Å². The van der Waals surface area contributed by atoms with Crippen molar-refractivity contribution < 1.29 is 9.90 Å². The van der Waals surface area contributed by atoms with Crippen molar-refractivity contribution in [3.8, 4) is 0 Å². The van der Waals surface area contributed by atoms with Gasteiger partial charge in [-0.1, -0.05) is 24.8 Å². The van der Waals surface area contributed by atoms with Crippen LogP contribution in [0.2, 0.25) is 0 Å². The Morgan fingerprint density at radius 3 is 2.71 bits per heavy atom. The van der Waals surface area contributed by atoms with Crippen molar-refractivity contribution in [3.05, 3.63) is 29.7 Å². The SMILES string of the molecule is C=CC(C)Sc1nc(CC)nc(C)c1C(=O)O. The monoisotopic (exact) mass is 252 g/mol. The summed E-state index contributed by atoms with van der Waals surface area (Å²) in [5.41, 5.74) is 0.712. The van der Waals surface area contributed by atoms with Crippen molar-refractivity contribution in [2.45, 2.75) is 37.5 Å². The molecule has 0 aliphatic heterocycles. The van der Waals surface area contributed by atoms with Crippen LogP contribution < -0.4 is 0 Å². The third-order valence-electron chi connectivity index (χ3n) is 2.26. The molecule has 17 heavy (non-hydrogen) atoms. The Kier molecular flexibility index (Phi) is 4.69. The minimum Gasteiger partial charge on any atom is -0.478 e. The maximum Gasteiger partial charge on any atom is 0.340 e. The Hall–Kier alpha value is -1.36. The quantitative estimate of drug-likeness (QED) is 0.496. The van der Waals surface area contributed by atoms with E-state index in [4.69, 9.17) is 0 Å². The van der Waals surface area contributed by atoms with Crippen LogP contribution in [0.3, 0.4) is 0 Å². The van der Waals surface area contributed by atoms with Gasteiger partial charge in [0.15, 0.2) is 0 Å². The average Bonchev–Trinajstić information content (AvgIpc) is 2.27. The summed E-state index contributed by atoms with van der Waals surface area (Å²) in [6.07, 6.45) is 2.45. The number of aromatic nitrogens is 2. The fourth-order valence-electron chi connectivity index (χ4n) is 1.32. The number of carboxylic acids is 1. The molecule has 0 aliphatic carbocycles. The molecule has 1 unspecified atom stereocenters. The first kappa shape index (κ1) is 13.7. The normalized spacial score (nSPS) is 12.2. The highest BCUT2D eigenvalue weighted by atomic mass is 32.2. The van der Waals surface area contributed by atoms with E-state index in [0.717, 1.165) is 0 Å². The number of aryl methyl sites for hydroxylation is 2. The summed E-state index contributed by atoms with van der Waals surface area (Å²) in [4.78, 5) is 19.7. The third kappa shape index (κ3) is 3.30. The molecule has 0 radical (unpaired) electrons. The lowest BCUT2D eigenvalue weighted by atomic mass is 10.2. The number of aromatic carboxylic acids is 1. The van der Waals surface area contributed by atoms with Crippen LogP contribution in [-0.4, -0.2) is 26.3 Å². The van der Waals surface area contributed by atoms with E-state index in [1.807, 2.05) is 13.8 Å². The van der Waals surface area contributed by atoms with Gasteiger partial charge in [0.2, 0.25) is 0 Å². The predicted molar refractivity (Wildman–Crippen MR) is 68.6 cm³/mol. The van der Waals surface area contributed by atoms with Gasteiger partial charge in [0.1, 0.15) is 16.4 Å². The standard InChI is InChI=1S/C12H16N2O2S/c1-5-7(3)17-11-10(12(15)16)8(4)13-9(6-2)14-11/h5,7H,1,6H2,2-4H3,(H,15,16). The topological polar surface area (TPSA) is 63.1 Å². The van der Waals surface area contributed by atoms with E-state index in [1.165, 1.54) is 11.8 Å². The van der Waals surface area contributed by atoms with Gasteiger partial charge in [0.25, 0.3) is 0 Å². The second kappa shape index (κ2) is 5.82. The van der Waals surface area contributed by atoms with Crippen molar-refractivity contribution in [2.75, 3.05) is 0 Å². The second-order valence-corrected chi connectivity index (χ2v) is 4.99. The molecule has 1 rings (SSSR count). The van der Waals surface area contributed by atoms with Crippen LogP contribution in [0.15, 0.2) is 17.7 Å². The lowest BCUT2D eigenvalue weighted by Gasteiger charge is -2.11. The lowest BCUT2D eigenvalue weighted by molar-refractivity contribution is 0.0690. The molecule has 92 valence electrons. The minimum absolute atomic E-state index is 0.118. The zero-order chi connectivity index (χ0) is 13.0. The Bertz CT molecular complexity index is 446. The van der Waals surface area contributed by atoms with E-state index in [-0.39, 0.29) is 10.8 Å². The van der Waals surface area contributed by atoms with Crippen LogP contribution in [0.1, 0.15) is 35.7 Å². The van der Waals surface area contributed by atoms with Gasteiger partial charge in [-0.3, -0.25) is 0 Å². The van der Waals surface area contributed by atoms with Gasteiger partial charge in [-0.05, 0) is 13.8 Å². The number of hydrogen-bond acceptors (Lipinski definition) is 4. The molecule has 1 aromatic heterocycles. The van der Waals surface area contributed by atoms with Crippen LogP contribution in [0.25, 0.3) is 0 Å². The maximum atomic E-state index is 11.2. The van der Waals surface area contributed by atoms with Crippen molar-refractivity contribution in [3.63, 3.8) is 0 Å². The molecule has 1 heterocycles. The van der Waals surface area contributed by atoms with E-state index in [9.17, 15) is 9.90 Å². The fourth-order valence-corrected chi connectivity index (χ4v) is 2.28. The van der Waals surface area contributed by atoms with Gasteiger partial charge in [-0.15, -0.1) is 6.58 Å². The Labute approximate surface area is 105 Å². The Morgan fingerprint density at radius 1 is 1.59 bits per heavy atom. The molecule has 0 spiro atoms. The van der Waals surface area contributed by atoms with Crippen molar-refractivity contribution in [1.82, 2.24) is 9.97 Å². The molecule has 1 N–H and O–H groups in total. The zero-order valence-electron chi connectivity index (χ0n) is 10.2.